The number of hydrogen-bond donors (Lipinski definition) is 1. The third kappa shape index (κ3) is 2.67. The molecule has 0 radical (unpaired) electrons. The summed E-state index contributed by atoms with van der Waals surface area (Å²) in [7, 11) is 1.50. The zero-order valence-electron chi connectivity index (χ0n) is 10.3. The Labute approximate surface area is 100 Å². The summed E-state index contributed by atoms with van der Waals surface area (Å²) in [6, 6.07) is 0.772. The molecule has 1 aromatic heterocycles. The van der Waals surface area contributed by atoms with E-state index in [9.17, 15) is 9.59 Å². The van der Waals surface area contributed by atoms with E-state index in [0.717, 1.165) is 0 Å². The number of likely N-dealkylation sites (N-methyl/N-ethyl adjacent to an activating group) is 1. The van der Waals surface area contributed by atoms with Crippen molar-refractivity contribution in [2.45, 2.75) is 32.7 Å². The molecular formula is C12H17NO4. The van der Waals surface area contributed by atoms with Gasteiger partial charge in [-0.3, -0.25) is 4.79 Å². The fraction of sp³-hybridized carbons (Fsp3) is 0.500. The SMILES string of the molecule is CCc1occc1C(=O)N(C)C(CC)C(=O)O. The molecule has 17 heavy (non-hydrogen) atoms. The number of carbonyl (C=O) groups excluding carboxylic acids is 1. The maximum absolute atomic E-state index is 12.1. The Balaban J connectivity index is 2.93. The molecule has 0 aromatic carbocycles. The van der Waals surface area contributed by atoms with Crippen LogP contribution in [0, 0.1) is 0 Å². The summed E-state index contributed by atoms with van der Waals surface area (Å²) in [6.45, 7) is 3.61. The third-order valence-corrected chi connectivity index (χ3v) is 2.76. The molecule has 0 bridgehead atoms. The molecule has 1 N–H and O–H groups in total. The molecule has 0 aliphatic rings. The van der Waals surface area contributed by atoms with Gasteiger partial charge in [0, 0.05) is 13.5 Å². The van der Waals surface area contributed by atoms with Crippen molar-refractivity contribution in [1.82, 2.24) is 4.90 Å². The van der Waals surface area contributed by atoms with Crippen molar-refractivity contribution in [3.8, 4) is 0 Å². The highest BCUT2D eigenvalue weighted by atomic mass is 16.4. The summed E-state index contributed by atoms with van der Waals surface area (Å²) in [5.74, 6) is -0.725. The van der Waals surface area contributed by atoms with Crippen LogP contribution in [0.1, 0.15) is 36.4 Å². The summed E-state index contributed by atoms with van der Waals surface area (Å²) in [6.07, 6.45) is 2.42. The second-order valence-electron chi connectivity index (χ2n) is 3.79. The number of amides is 1. The van der Waals surface area contributed by atoms with E-state index in [0.29, 0.717) is 24.2 Å². The third-order valence-electron chi connectivity index (χ3n) is 2.76. The lowest BCUT2D eigenvalue weighted by Crippen LogP contribution is -2.42. The Bertz CT molecular complexity index is 410. The van der Waals surface area contributed by atoms with E-state index in [4.69, 9.17) is 9.52 Å². The van der Waals surface area contributed by atoms with Crippen LogP contribution in [0.4, 0.5) is 0 Å². The van der Waals surface area contributed by atoms with E-state index in [1.54, 1.807) is 13.0 Å². The second kappa shape index (κ2) is 5.52. The van der Waals surface area contributed by atoms with Crippen LogP contribution < -0.4 is 0 Å². The number of nitrogens with zero attached hydrogens (tertiary/aromatic N) is 1. The number of hydrogen-bond acceptors (Lipinski definition) is 3. The summed E-state index contributed by atoms with van der Waals surface area (Å²) >= 11 is 0. The molecule has 0 aliphatic carbocycles. The van der Waals surface area contributed by atoms with Gasteiger partial charge in [0.15, 0.2) is 0 Å². The monoisotopic (exact) mass is 239 g/mol. The predicted molar refractivity (Wildman–Crippen MR) is 61.9 cm³/mol. The molecule has 1 atom stereocenters. The van der Waals surface area contributed by atoms with Crippen molar-refractivity contribution in [1.29, 1.82) is 0 Å². The normalized spacial score (nSPS) is 12.2. The molecule has 0 spiro atoms. The largest absolute Gasteiger partial charge is 0.480 e. The van der Waals surface area contributed by atoms with Gasteiger partial charge < -0.3 is 14.4 Å². The second-order valence-corrected chi connectivity index (χ2v) is 3.79. The summed E-state index contributed by atoms with van der Waals surface area (Å²) in [5.41, 5.74) is 0.440. The molecule has 0 fully saturated rings. The quantitative estimate of drug-likeness (QED) is 0.850. The smallest absolute Gasteiger partial charge is 0.326 e. The molecule has 1 unspecified atom stereocenters. The zero-order valence-corrected chi connectivity index (χ0v) is 10.3. The topological polar surface area (TPSA) is 70.8 Å². The molecule has 5 heteroatoms. The first kappa shape index (κ1) is 13.3. The average Bonchev–Trinajstić information content (AvgIpc) is 2.76. The number of aliphatic carboxylic acids is 1. The average molecular weight is 239 g/mol. The van der Waals surface area contributed by atoms with Gasteiger partial charge >= 0.3 is 5.97 Å². The van der Waals surface area contributed by atoms with E-state index in [1.807, 2.05) is 6.92 Å². The Hall–Kier alpha value is -1.78. The fourth-order valence-electron chi connectivity index (χ4n) is 1.75. The van der Waals surface area contributed by atoms with Crippen LogP contribution in [0.15, 0.2) is 16.7 Å². The number of aryl methyl sites for hydroxylation is 1. The van der Waals surface area contributed by atoms with Crippen LogP contribution in [0.3, 0.4) is 0 Å². The van der Waals surface area contributed by atoms with Crippen molar-refractivity contribution >= 4 is 11.9 Å². The number of carbonyl (C=O) groups is 2. The minimum atomic E-state index is -0.995. The van der Waals surface area contributed by atoms with Crippen molar-refractivity contribution in [2.75, 3.05) is 7.05 Å². The van der Waals surface area contributed by atoms with E-state index < -0.39 is 12.0 Å². The lowest BCUT2D eigenvalue weighted by Gasteiger charge is -2.23. The lowest BCUT2D eigenvalue weighted by molar-refractivity contribution is -0.142. The van der Waals surface area contributed by atoms with Gasteiger partial charge in [-0.05, 0) is 12.5 Å². The highest BCUT2D eigenvalue weighted by molar-refractivity contribution is 5.97. The van der Waals surface area contributed by atoms with Crippen molar-refractivity contribution < 1.29 is 19.1 Å². The molecule has 94 valence electrons. The summed E-state index contributed by atoms with van der Waals surface area (Å²) < 4.78 is 5.16. The van der Waals surface area contributed by atoms with Crippen LogP contribution in [0.2, 0.25) is 0 Å². The molecule has 1 aromatic rings. The molecule has 0 saturated heterocycles. The van der Waals surface area contributed by atoms with E-state index >= 15 is 0 Å². The molecular weight excluding hydrogens is 222 g/mol. The first-order valence-corrected chi connectivity index (χ1v) is 5.59. The van der Waals surface area contributed by atoms with Crippen molar-refractivity contribution in [3.63, 3.8) is 0 Å². The number of carboxylic acid groups (broad SMARTS) is 1. The molecule has 0 aliphatic heterocycles. The maximum Gasteiger partial charge on any atom is 0.326 e. The molecule has 1 heterocycles. The first-order valence-electron chi connectivity index (χ1n) is 5.59. The Morgan fingerprint density at radius 3 is 2.59 bits per heavy atom. The van der Waals surface area contributed by atoms with Gasteiger partial charge in [-0.25, -0.2) is 4.79 Å². The van der Waals surface area contributed by atoms with Crippen molar-refractivity contribution in [2.24, 2.45) is 0 Å². The van der Waals surface area contributed by atoms with E-state index in [-0.39, 0.29) is 5.91 Å². The minimum Gasteiger partial charge on any atom is -0.480 e. The Morgan fingerprint density at radius 1 is 1.47 bits per heavy atom. The van der Waals surface area contributed by atoms with Crippen LogP contribution in [0.25, 0.3) is 0 Å². The van der Waals surface area contributed by atoms with Gasteiger partial charge in [-0.1, -0.05) is 13.8 Å². The molecule has 1 amide bonds. The fourth-order valence-corrected chi connectivity index (χ4v) is 1.75. The summed E-state index contributed by atoms with van der Waals surface area (Å²) in [4.78, 5) is 24.3. The maximum atomic E-state index is 12.1. The highest BCUT2D eigenvalue weighted by Gasteiger charge is 2.27. The number of carboxylic acids is 1. The first-order chi connectivity index (χ1) is 8.02. The number of furan rings is 1. The standard InChI is InChI=1S/C12H17NO4/c1-4-9(12(15)16)13(3)11(14)8-6-7-17-10(8)5-2/h6-7,9H,4-5H2,1-3H3,(H,15,16). The van der Waals surface area contributed by atoms with Crippen LogP contribution in [-0.4, -0.2) is 35.0 Å². The van der Waals surface area contributed by atoms with E-state index in [2.05, 4.69) is 0 Å². The molecule has 5 nitrogen and oxygen atoms in total. The lowest BCUT2D eigenvalue weighted by atomic mass is 10.1. The van der Waals surface area contributed by atoms with Gasteiger partial charge in [0.05, 0.1) is 11.8 Å². The van der Waals surface area contributed by atoms with Crippen LogP contribution in [0.5, 0.6) is 0 Å². The van der Waals surface area contributed by atoms with Crippen LogP contribution >= 0.6 is 0 Å². The summed E-state index contributed by atoms with van der Waals surface area (Å²) in [5, 5.41) is 9.00. The van der Waals surface area contributed by atoms with Gasteiger partial charge in [0.25, 0.3) is 5.91 Å². The van der Waals surface area contributed by atoms with Gasteiger partial charge in [0.2, 0.25) is 0 Å². The van der Waals surface area contributed by atoms with Gasteiger partial charge in [-0.2, -0.15) is 0 Å². The Kier molecular flexibility index (Phi) is 4.31. The molecule has 1 rings (SSSR count). The van der Waals surface area contributed by atoms with Gasteiger partial charge in [-0.15, -0.1) is 0 Å². The minimum absolute atomic E-state index is 0.315. The number of rotatable bonds is 5. The van der Waals surface area contributed by atoms with Gasteiger partial charge in [0.1, 0.15) is 11.8 Å². The van der Waals surface area contributed by atoms with Crippen LogP contribution in [-0.2, 0) is 11.2 Å². The molecule has 0 saturated carbocycles. The predicted octanol–water partition coefficient (Wildman–Crippen LogP) is 1.78. The van der Waals surface area contributed by atoms with Crippen molar-refractivity contribution in [3.05, 3.63) is 23.7 Å². The Morgan fingerprint density at radius 2 is 2.12 bits per heavy atom. The zero-order chi connectivity index (χ0) is 13.0. The van der Waals surface area contributed by atoms with E-state index in [1.165, 1.54) is 18.2 Å². The highest BCUT2D eigenvalue weighted by Crippen LogP contribution is 2.15.